The molecule has 102 valence electrons. The Kier molecular flexibility index (Phi) is 4.14. The number of hydrogen-bond acceptors (Lipinski definition) is 3. The molecule has 0 aliphatic heterocycles. The number of aryl methyl sites for hydroxylation is 1. The summed E-state index contributed by atoms with van der Waals surface area (Å²) < 4.78 is 0.572. The average Bonchev–Trinajstić information content (AvgIpc) is 2.38. The van der Waals surface area contributed by atoms with Crippen molar-refractivity contribution in [2.75, 3.05) is 5.32 Å². The van der Waals surface area contributed by atoms with E-state index in [2.05, 4.69) is 26.2 Å². The molecule has 0 atom stereocenters. The summed E-state index contributed by atoms with van der Waals surface area (Å²) >= 11 is 3.20. The molecule has 5 nitrogen and oxygen atoms in total. The molecule has 0 aliphatic carbocycles. The molecule has 2 aromatic rings. The number of hydrogen-bond donors (Lipinski definition) is 2. The molecule has 0 bridgehead atoms. The maximum absolute atomic E-state index is 12.0. The number of aromatic nitrogens is 1. The van der Waals surface area contributed by atoms with E-state index in [0.29, 0.717) is 21.4 Å². The number of carbonyl (C=O) groups is 2. The van der Waals surface area contributed by atoms with E-state index in [1.54, 1.807) is 31.2 Å². The summed E-state index contributed by atoms with van der Waals surface area (Å²) in [5.74, 6) is -1.27. The highest BCUT2D eigenvalue weighted by Gasteiger charge is 2.10. The van der Waals surface area contributed by atoms with Gasteiger partial charge in [0, 0.05) is 17.4 Å². The zero-order valence-corrected chi connectivity index (χ0v) is 12.1. The molecule has 2 N–H and O–H groups in total. The maximum atomic E-state index is 12.0. The topological polar surface area (TPSA) is 79.3 Å². The van der Waals surface area contributed by atoms with Crippen LogP contribution < -0.4 is 5.32 Å². The van der Waals surface area contributed by atoms with Crippen LogP contribution in [0.15, 0.2) is 41.1 Å². The van der Waals surface area contributed by atoms with Crippen molar-refractivity contribution in [1.82, 2.24) is 4.98 Å². The summed E-state index contributed by atoms with van der Waals surface area (Å²) in [6, 6.07) is 7.85. The van der Waals surface area contributed by atoms with Crippen LogP contribution in [-0.2, 0) is 0 Å². The molecule has 0 spiro atoms. The van der Waals surface area contributed by atoms with Gasteiger partial charge < -0.3 is 10.4 Å². The minimum Gasteiger partial charge on any atom is -0.478 e. The zero-order chi connectivity index (χ0) is 14.7. The van der Waals surface area contributed by atoms with Crippen molar-refractivity contribution in [2.45, 2.75) is 6.92 Å². The van der Waals surface area contributed by atoms with Crippen LogP contribution in [0, 0.1) is 6.92 Å². The maximum Gasteiger partial charge on any atom is 0.335 e. The predicted molar refractivity (Wildman–Crippen MR) is 78.0 cm³/mol. The fraction of sp³-hybridized carbons (Fsp3) is 0.0714. The summed E-state index contributed by atoms with van der Waals surface area (Å²) in [5.41, 5.74) is 1.82. The van der Waals surface area contributed by atoms with Gasteiger partial charge in [-0.3, -0.25) is 4.79 Å². The van der Waals surface area contributed by atoms with Gasteiger partial charge in [0.1, 0.15) is 4.60 Å². The number of aromatic carboxylic acids is 1. The number of halogens is 1. The molecule has 0 radical (unpaired) electrons. The summed E-state index contributed by atoms with van der Waals surface area (Å²) in [4.78, 5) is 26.9. The number of pyridine rings is 1. The molecular weight excluding hydrogens is 324 g/mol. The van der Waals surface area contributed by atoms with Crippen molar-refractivity contribution < 1.29 is 14.7 Å². The lowest BCUT2D eigenvalue weighted by molar-refractivity contribution is 0.0696. The highest BCUT2D eigenvalue weighted by Crippen LogP contribution is 2.17. The largest absolute Gasteiger partial charge is 0.478 e. The van der Waals surface area contributed by atoms with E-state index in [9.17, 15) is 9.59 Å². The van der Waals surface area contributed by atoms with Crippen LogP contribution >= 0.6 is 15.9 Å². The van der Waals surface area contributed by atoms with Crippen LogP contribution in [-0.4, -0.2) is 22.0 Å². The lowest BCUT2D eigenvalue weighted by Gasteiger charge is -2.08. The van der Waals surface area contributed by atoms with E-state index >= 15 is 0 Å². The molecule has 20 heavy (non-hydrogen) atoms. The van der Waals surface area contributed by atoms with Gasteiger partial charge in [-0.05, 0) is 58.7 Å². The monoisotopic (exact) mass is 334 g/mol. The fourth-order valence-corrected chi connectivity index (χ4v) is 2.09. The quantitative estimate of drug-likeness (QED) is 0.845. The molecule has 1 aromatic heterocycles. The Morgan fingerprint density at radius 3 is 2.60 bits per heavy atom. The van der Waals surface area contributed by atoms with E-state index in [4.69, 9.17) is 5.11 Å². The first kappa shape index (κ1) is 14.2. The highest BCUT2D eigenvalue weighted by atomic mass is 79.9. The number of benzene rings is 1. The van der Waals surface area contributed by atoms with E-state index in [1.165, 1.54) is 12.3 Å². The van der Waals surface area contributed by atoms with Gasteiger partial charge in [-0.2, -0.15) is 0 Å². The number of rotatable bonds is 3. The van der Waals surface area contributed by atoms with Crippen molar-refractivity contribution in [2.24, 2.45) is 0 Å². The number of amides is 1. The lowest BCUT2D eigenvalue weighted by atomic mass is 10.1. The molecule has 1 amide bonds. The van der Waals surface area contributed by atoms with Crippen LogP contribution in [0.25, 0.3) is 0 Å². The molecule has 6 heteroatoms. The first-order chi connectivity index (χ1) is 9.47. The van der Waals surface area contributed by atoms with Crippen molar-refractivity contribution in [3.63, 3.8) is 0 Å². The fourth-order valence-electron chi connectivity index (χ4n) is 1.73. The van der Waals surface area contributed by atoms with E-state index in [-0.39, 0.29) is 11.5 Å². The van der Waals surface area contributed by atoms with Crippen LogP contribution in [0.5, 0.6) is 0 Å². The van der Waals surface area contributed by atoms with Gasteiger partial charge in [0.05, 0.1) is 5.56 Å². The standard InChI is InChI=1S/C14H11BrN2O3/c1-8-6-10(2-3-11(8)14(19)20)17-13(18)9-4-5-16-12(15)7-9/h2-7H,1H3,(H,17,18)(H,19,20). The lowest BCUT2D eigenvalue weighted by Crippen LogP contribution is -2.12. The second-order valence-electron chi connectivity index (χ2n) is 4.16. The Balaban J connectivity index is 2.20. The van der Waals surface area contributed by atoms with Crippen LogP contribution in [0.2, 0.25) is 0 Å². The minimum atomic E-state index is -0.988. The SMILES string of the molecule is Cc1cc(NC(=O)c2ccnc(Br)c2)ccc1C(=O)O. The second kappa shape index (κ2) is 5.83. The Bertz CT molecular complexity index is 686. The van der Waals surface area contributed by atoms with Crippen molar-refractivity contribution in [3.8, 4) is 0 Å². The van der Waals surface area contributed by atoms with E-state index < -0.39 is 5.97 Å². The molecule has 0 saturated heterocycles. The first-order valence-electron chi connectivity index (χ1n) is 5.74. The molecule has 1 heterocycles. The van der Waals surface area contributed by atoms with Crippen LogP contribution in [0.4, 0.5) is 5.69 Å². The average molecular weight is 335 g/mol. The molecular formula is C14H11BrN2O3. The van der Waals surface area contributed by atoms with Gasteiger partial charge in [0.25, 0.3) is 5.91 Å². The molecule has 0 aliphatic rings. The van der Waals surface area contributed by atoms with Gasteiger partial charge in [0.15, 0.2) is 0 Å². The number of anilines is 1. The van der Waals surface area contributed by atoms with Gasteiger partial charge in [-0.25, -0.2) is 9.78 Å². The van der Waals surface area contributed by atoms with Crippen molar-refractivity contribution in [1.29, 1.82) is 0 Å². The first-order valence-corrected chi connectivity index (χ1v) is 6.53. The third-order valence-corrected chi connectivity index (χ3v) is 3.14. The molecule has 2 rings (SSSR count). The number of nitrogens with zero attached hydrogens (tertiary/aromatic N) is 1. The van der Waals surface area contributed by atoms with Crippen LogP contribution in [0.1, 0.15) is 26.3 Å². The van der Waals surface area contributed by atoms with Gasteiger partial charge in [-0.1, -0.05) is 0 Å². The van der Waals surface area contributed by atoms with E-state index in [1.807, 2.05) is 0 Å². The summed E-state index contributed by atoms with van der Waals surface area (Å²) in [5, 5.41) is 11.7. The van der Waals surface area contributed by atoms with Crippen LogP contribution in [0.3, 0.4) is 0 Å². The third kappa shape index (κ3) is 3.21. The summed E-state index contributed by atoms with van der Waals surface area (Å²) in [6.07, 6.45) is 1.53. The van der Waals surface area contributed by atoms with Crippen molar-refractivity contribution >= 4 is 33.5 Å². The minimum absolute atomic E-state index is 0.217. The molecule has 0 saturated carbocycles. The predicted octanol–water partition coefficient (Wildman–Crippen LogP) is 3.10. The Hall–Kier alpha value is -2.21. The van der Waals surface area contributed by atoms with Crippen molar-refractivity contribution in [3.05, 3.63) is 57.8 Å². The van der Waals surface area contributed by atoms with E-state index in [0.717, 1.165) is 0 Å². The smallest absolute Gasteiger partial charge is 0.335 e. The third-order valence-electron chi connectivity index (χ3n) is 2.70. The second-order valence-corrected chi connectivity index (χ2v) is 4.97. The Morgan fingerprint density at radius 2 is 2.00 bits per heavy atom. The summed E-state index contributed by atoms with van der Waals surface area (Å²) in [6.45, 7) is 1.68. The zero-order valence-electron chi connectivity index (χ0n) is 10.6. The number of nitrogens with one attached hydrogen (secondary N) is 1. The molecule has 0 fully saturated rings. The van der Waals surface area contributed by atoms with Gasteiger partial charge in [-0.15, -0.1) is 0 Å². The Labute approximate surface area is 123 Å². The number of carboxylic acid groups (broad SMARTS) is 1. The van der Waals surface area contributed by atoms with Gasteiger partial charge in [0.2, 0.25) is 0 Å². The normalized spacial score (nSPS) is 10.1. The molecule has 0 unspecified atom stereocenters. The highest BCUT2D eigenvalue weighted by molar-refractivity contribution is 9.10. The molecule has 1 aromatic carbocycles. The van der Waals surface area contributed by atoms with Gasteiger partial charge >= 0.3 is 5.97 Å². The number of carbonyl (C=O) groups excluding carboxylic acids is 1. The number of carboxylic acids is 1. The summed E-state index contributed by atoms with van der Waals surface area (Å²) in [7, 11) is 0. The Morgan fingerprint density at radius 1 is 1.25 bits per heavy atom.